The van der Waals surface area contributed by atoms with Crippen LogP contribution in [0.2, 0.25) is 5.02 Å². The largest absolute Gasteiger partial charge is 0.496 e. The molecule has 2 N–H and O–H groups in total. The van der Waals surface area contributed by atoms with Crippen molar-refractivity contribution in [3.8, 4) is 0 Å². The van der Waals surface area contributed by atoms with Crippen LogP contribution in [0.25, 0.3) is 0 Å². The first-order valence-electron chi connectivity index (χ1n) is 13.8. The fourth-order valence-corrected chi connectivity index (χ4v) is 6.14. The van der Waals surface area contributed by atoms with E-state index in [0.29, 0.717) is 34.5 Å². The Balaban J connectivity index is 1.25. The smallest absolute Gasteiger partial charge is 0.481 e. The second-order valence-corrected chi connectivity index (χ2v) is 12.6. The van der Waals surface area contributed by atoms with E-state index in [2.05, 4.69) is 10.2 Å². The first-order valence-corrected chi connectivity index (χ1v) is 14.2. The van der Waals surface area contributed by atoms with Gasteiger partial charge in [0.15, 0.2) is 5.82 Å². The second kappa shape index (κ2) is 10.5. The minimum atomic E-state index is -0.670. The Kier molecular flexibility index (Phi) is 7.61. The Morgan fingerprint density at radius 1 is 1.15 bits per heavy atom. The third-order valence-corrected chi connectivity index (χ3v) is 9.46. The lowest BCUT2D eigenvalue weighted by Gasteiger charge is -2.33. The highest BCUT2D eigenvalue weighted by molar-refractivity contribution is 6.66. The van der Waals surface area contributed by atoms with Gasteiger partial charge in [-0.25, -0.2) is 4.98 Å². The predicted molar refractivity (Wildman–Crippen MR) is 150 cm³/mol. The zero-order chi connectivity index (χ0) is 28.1. The molecule has 0 unspecified atom stereocenters. The van der Waals surface area contributed by atoms with Gasteiger partial charge in [0.05, 0.1) is 33.5 Å². The van der Waals surface area contributed by atoms with Gasteiger partial charge in [0.1, 0.15) is 0 Å². The number of aliphatic carboxylic acids is 1. The van der Waals surface area contributed by atoms with Crippen molar-refractivity contribution in [2.24, 2.45) is 18.9 Å². The number of amides is 1. The molecule has 0 spiro atoms. The van der Waals surface area contributed by atoms with Gasteiger partial charge in [-0.05, 0) is 65.4 Å². The molecule has 2 aliphatic heterocycles. The monoisotopic (exact) mass is 556 g/mol. The molecular weight excluding hydrogens is 519 g/mol. The number of imidazole rings is 1. The Hall–Kier alpha value is -2.40. The van der Waals surface area contributed by atoms with E-state index >= 15 is 0 Å². The molecule has 3 heterocycles. The Bertz CT molecular complexity index is 1250. The molecule has 0 radical (unpaired) electrons. The fraction of sp³-hybridized carbons (Fsp3) is 0.607. The zero-order valence-electron chi connectivity index (χ0n) is 23.4. The summed E-state index contributed by atoms with van der Waals surface area (Å²) in [5.74, 6) is -0.333. The summed E-state index contributed by atoms with van der Waals surface area (Å²) in [4.78, 5) is 31.7. The van der Waals surface area contributed by atoms with Crippen LogP contribution in [-0.4, -0.2) is 62.8 Å². The number of benzene rings is 1. The SMILES string of the molecule is Cn1c(C(=O)Nc2cccc(B3OC(C)(C)C(C)(C)O3)c2Cl)nc2c1CCN(CC1CCC(C(=O)O)CC1)C2. The number of carboxylic acid groups (broad SMARTS) is 1. The highest BCUT2D eigenvalue weighted by atomic mass is 35.5. The molecule has 1 aromatic carbocycles. The highest BCUT2D eigenvalue weighted by Gasteiger charge is 2.52. The minimum absolute atomic E-state index is 0.197. The maximum Gasteiger partial charge on any atom is 0.496 e. The van der Waals surface area contributed by atoms with Crippen LogP contribution < -0.4 is 10.8 Å². The Morgan fingerprint density at radius 3 is 2.46 bits per heavy atom. The number of anilines is 1. The maximum absolute atomic E-state index is 13.4. The molecule has 1 saturated heterocycles. The van der Waals surface area contributed by atoms with Gasteiger partial charge in [-0.1, -0.05) is 23.7 Å². The molecule has 3 aliphatic rings. The number of hydrogen-bond donors (Lipinski definition) is 2. The van der Waals surface area contributed by atoms with E-state index in [1.54, 1.807) is 6.07 Å². The van der Waals surface area contributed by atoms with Crippen molar-refractivity contribution in [2.75, 3.05) is 18.4 Å². The molecule has 1 aromatic heterocycles. The summed E-state index contributed by atoms with van der Waals surface area (Å²) in [7, 11) is 1.25. The number of aromatic nitrogens is 2. The van der Waals surface area contributed by atoms with E-state index in [1.807, 2.05) is 51.4 Å². The summed E-state index contributed by atoms with van der Waals surface area (Å²) in [5.41, 5.74) is 2.14. The van der Waals surface area contributed by atoms with Crippen LogP contribution >= 0.6 is 11.6 Å². The quantitative estimate of drug-likeness (QED) is 0.520. The molecular formula is C28H38BClN4O5. The van der Waals surface area contributed by atoms with E-state index < -0.39 is 24.3 Å². The van der Waals surface area contributed by atoms with Crippen molar-refractivity contribution in [3.63, 3.8) is 0 Å². The van der Waals surface area contributed by atoms with Gasteiger partial charge in [-0.15, -0.1) is 0 Å². The van der Waals surface area contributed by atoms with Gasteiger partial charge >= 0.3 is 13.1 Å². The van der Waals surface area contributed by atoms with Crippen LogP contribution in [-0.2, 0) is 34.1 Å². The lowest BCUT2D eigenvalue weighted by Crippen LogP contribution is -2.41. The molecule has 1 aliphatic carbocycles. The second-order valence-electron chi connectivity index (χ2n) is 12.2. The summed E-state index contributed by atoms with van der Waals surface area (Å²) in [6, 6.07) is 5.44. The molecule has 1 saturated carbocycles. The number of nitrogens with zero attached hydrogens (tertiary/aromatic N) is 3. The average molecular weight is 557 g/mol. The van der Waals surface area contributed by atoms with Gasteiger partial charge in [0.2, 0.25) is 0 Å². The molecule has 0 bridgehead atoms. The number of carbonyl (C=O) groups excluding carboxylic acids is 1. The van der Waals surface area contributed by atoms with Crippen LogP contribution in [0.1, 0.15) is 75.4 Å². The molecule has 2 fully saturated rings. The first-order chi connectivity index (χ1) is 18.4. The number of fused-ring (bicyclic) bond motifs is 1. The summed E-state index contributed by atoms with van der Waals surface area (Å²) in [5, 5.41) is 12.6. The van der Waals surface area contributed by atoms with E-state index in [1.165, 1.54) is 0 Å². The van der Waals surface area contributed by atoms with Gasteiger partial charge in [-0.2, -0.15) is 0 Å². The topological polar surface area (TPSA) is 106 Å². The minimum Gasteiger partial charge on any atom is -0.481 e. The molecule has 5 rings (SSSR count). The summed E-state index contributed by atoms with van der Waals surface area (Å²) in [6.45, 7) is 10.5. The van der Waals surface area contributed by atoms with Crippen LogP contribution in [0.3, 0.4) is 0 Å². The highest BCUT2D eigenvalue weighted by Crippen LogP contribution is 2.37. The van der Waals surface area contributed by atoms with Crippen molar-refractivity contribution in [1.82, 2.24) is 14.5 Å². The molecule has 9 nitrogen and oxygen atoms in total. The van der Waals surface area contributed by atoms with Crippen LogP contribution in [0.15, 0.2) is 18.2 Å². The third kappa shape index (κ3) is 5.49. The number of carboxylic acids is 1. The lowest BCUT2D eigenvalue weighted by molar-refractivity contribution is -0.143. The van der Waals surface area contributed by atoms with Gasteiger partial charge in [0, 0.05) is 44.3 Å². The number of carbonyl (C=O) groups is 2. The number of halogens is 1. The summed E-state index contributed by atoms with van der Waals surface area (Å²) >= 11 is 6.74. The van der Waals surface area contributed by atoms with Gasteiger partial charge in [-0.3, -0.25) is 14.5 Å². The normalized spacial score (nSPS) is 24.4. The van der Waals surface area contributed by atoms with Crippen molar-refractivity contribution in [1.29, 1.82) is 0 Å². The Labute approximate surface area is 235 Å². The first kappa shape index (κ1) is 28.1. The Morgan fingerprint density at radius 2 is 1.82 bits per heavy atom. The van der Waals surface area contributed by atoms with Crippen molar-refractivity contribution < 1.29 is 24.0 Å². The van der Waals surface area contributed by atoms with E-state index in [-0.39, 0.29) is 11.8 Å². The van der Waals surface area contributed by atoms with Crippen LogP contribution in [0.4, 0.5) is 5.69 Å². The summed E-state index contributed by atoms with van der Waals surface area (Å²) < 4.78 is 14.2. The molecule has 11 heteroatoms. The number of nitrogens with one attached hydrogen (secondary N) is 1. The molecule has 1 amide bonds. The fourth-order valence-electron chi connectivity index (χ4n) is 5.87. The van der Waals surface area contributed by atoms with Crippen molar-refractivity contribution in [2.45, 2.75) is 77.5 Å². The van der Waals surface area contributed by atoms with Gasteiger partial charge in [0.25, 0.3) is 5.91 Å². The van der Waals surface area contributed by atoms with Crippen LogP contribution in [0, 0.1) is 11.8 Å². The standard InChI is InChI=1S/C28H38BClN4O5/c1-27(2)28(3,4)39-29(38-27)19-7-6-8-20(23(19)30)32-25(35)24-31-21-16-34(14-13-22(21)33(24)5)15-17-9-11-18(12-10-17)26(36)37/h6-8,17-18H,9-16H2,1-5H3,(H,32,35)(H,36,37). The van der Waals surface area contributed by atoms with Gasteiger partial charge < -0.3 is 24.3 Å². The van der Waals surface area contributed by atoms with Crippen LogP contribution in [0.5, 0.6) is 0 Å². The maximum atomic E-state index is 13.4. The molecule has 39 heavy (non-hydrogen) atoms. The van der Waals surface area contributed by atoms with Crippen molar-refractivity contribution >= 4 is 41.7 Å². The van der Waals surface area contributed by atoms with E-state index in [0.717, 1.165) is 56.6 Å². The summed E-state index contributed by atoms with van der Waals surface area (Å²) in [6.07, 6.45) is 4.22. The molecule has 210 valence electrons. The zero-order valence-corrected chi connectivity index (χ0v) is 24.2. The predicted octanol–water partition coefficient (Wildman–Crippen LogP) is 3.87. The average Bonchev–Trinajstić information content (AvgIpc) is 3.31. The lowest BCUT2D eigenvalue weighted by atomic mass is 9.79. The molecule has 0 atom stereocenters. The number of hydrogen-bond acceptors (Lipinski definition) is 6. The van der Waals surface area contributed by atoms with E-state index in [4.69, 9.17) is 25.9 Å². The van der Waals surface area contributed by atoms with E-state index in [9.17, 15) is 14.7 Å². The number of rotatable bonds is 6. The third-order valence-electron chi connectivity index (χ3n) is 9.03. The molecule has 2 aromatic rings. The van der Waals surface area contributed by atoms with Crippen molar-refractivity contribution in [3.05, 3.63) is 40.4 Å².